The molecule has 1 N–H and O–H groups in total. The molecule has 0 radical (unpaired) electrons. The number of furan rings is 1. The normalized spacial score (nSPS) is 10.0. The molecule has 0 saturated heterocycles. The van der Waals surface area contributed by atoms with Gasteiger partial charge in [0.25, 0.3) is 5.91 Å². The van der Waals surface area contributed by atoms with Crippen LogP contribution in [0, 0.1) is 13.8 Å². The Morgan fingerprint density at radius 3 is 2.22 bits per heavy atom. The van der Waals surface area contributed by atoms with Gasteiger partial charge in [-0.25, -0.2) is 24.6 Å². The number of fused-ring (bicyclic) bond motifs is 1. The number of unbranched alkanes of at least 4 members (excludes halogenated alkanes) is 1. The molecule has 2 aromatic carbocycles. The summed E-state index contributed by atoms with van der Waals surface area (Å²) in [6, 6.07) is 17.3. The zero-order chi connectivity index (χ0) is 18.9. The molecule has 0 saturated carbocycles. The van der Waals surface area contributed by atoms with Gasteiger partial charge in [-0.2, -0.15) is 0 Å². The third-order valence-electron chi connectivity index (χ3n) is 3.61. The number of carbonyl (C=O) groups is 1. The molecule has 3 nitrogen and oxygen atoms in total. The number of carbonyl (C=O) groups excluding carboxylic acids is 1. The van der Waals surface area contributed by atoms with E-state index in [-0.39, 0.29) is 34.8 Å². The number of benzene rings is 2. The second-order valence-corrected chi connectivity index (χ2v) is 7.13. The zero-order valence-corrected chi connectivity index (χ0v) is 16.7. The van der Waals surface area contributed by atoms with Crippen molar-refractivity contribution in [2.75, 3.05) is 0 Å². The van der Waals surface area contributed by atoms with Crippen molar-refractivity contribution in [3.63, 3.8) is 0 Å². The molecule has 0 atom stereocenters. The van der Waals surface area contributed by atoms with Gasteiger partial charge in [0.15, 0.2) is 5.76 Å². The first-order valence-electron chi connectivity index (χ1n) is 8.33. The van der Waals surface area contributed by atoms with E-state index in [2.05, 4.69) is 30.9 Å². The number of amides is 1. The average molecular weight is 373 g/mol. The summed E-state index contributed by atoms with van der Waals surface area (Å²) < 4.78 is 5.54. The number of hydrogen-bond donors (Lipinski definition) is 1. The van der Waals surface area contributed by atoms with Crippen LogP contribution in [0.25, 0.3) is 11.0 Å². The first-order valence-corrected chi connectivity index (χ1v) is 9.89. The van der Waals surface area contributed by atoms with E-state index in [1.54, 1.807) is 6.07 Å². The van der Waals surface area contributed by atoms with E-state index in [0.29, 0.717) is 12.3 Å². The minimum absolute atomic E-state index is 0. The third-order valence-corrected chi connectivity index (χ3v) is 4.55. The number of nitrogens with one attached hydrogen (secondary N) is 1. The molecule has 138 valence electrons. The monoisotopic (exact) mass is 373 g/mol. The van der Waals surface area contributed by atoms with Crippen molar-refractivity contribution in [3.05, 3.63) is 79.8 Å². The molecule has 0 aliphatic rings. The van der Waals surface area contributed by atoms with E-state index in [0.717, 1.165) is 34.3 Å². The van der Waals surface area contributed by atoms with Gasteiger partial charge in [-0.05, 0) is 17.7 Å². The summed E-state index contributed by atoms with van der Waals surface area (Å²) in [7, 11) is -0.241. The number of hydrogen-bond acceptors (Lipinski definition) is 3. The maximum absolute atomic E-state index is 12.1. The Hall–Kier alpha value is -1.86. The van der Waals surface area contributed by atoms with Gasteiger partial charge in [-0.3, -0.25) is 4.79 Å². The summed E-state index contributed by atoms with van der Waals surface area (Å²) in [5.41, 5.74) is 1.74. The van der Waals surface area contributed by atoms with Crippen molar-refractivity contribution in [1.82, 2.24) is 5.32 Å². The van der Waals surface area contributed by atoms with Crippen LogP contribution in [-0.4, -0.2) is 17.6 Å². The quantitative estimate of drug-likeness (QED) is 0.320. The van der Waals surface area contributed by atoms with E-state index in [1.165, 1.54) is 0 Å². The van der Waals surface area contributed by atoms with Crippen LogP contribution in [0.1, 0.15) is 29.0 Å². The number of para-hydroxylation sites is 1. The standard InChI is InChI=1S/C18H16NO2S.C4H8.Li/c1-22(2)15-9-7-13(8-10-15)12-19-18(20)17-11-14-5-3-4-6-16(14)21-17;1-3-4-2;/h3-11H,1-2,12H2,(H,19,20);1-4H2;/q-1;-2;+1. The van der Waals surface area contributed by atoms with Crippen LogP contribution in [0.3, 0.4) is 0 Å². The summed E-state index contributed by atoms with van der Waals surface area (Å²) in [5.74, 6) is 7.93. The van der Waals surface area contributed by atoms with E-state index in [9.17, 15) is 4.79 Å². The molecule has 0 aliphatic heterocycles. The topological polar surface area (TPSA) is 42.2 Å². The Morgan fingerprint density at radius 1 is 1.04 bits per heavy atom. The van der Waals surface area contributed by atoms with Crippen LogP contribution in [-0.2, 0) is 16.6 Å². The first-order chi connectivity index (χ1) is 12.5. The maximum atomic E-state index is 12.1. The molecule has 1 heterocycles. The van der Waals surface area contributed by atoms with E-state index in [4.69, 9.17) is 4.42 Å². The molecule has 0 fully saturated rings. The van der Waals surface area contributed by atoms with E-state index >= 15 is 0 Å². The summed E-state index contributed by atoms with van der Waals surface area (Å²) >= 11 is 0. The van der Waals surface area contributed by atoms with Crippen LogP contribution in [0.15, 0.2) is 63.9 Å². The number of rotatable bonds is 5. The van der Waals surface area contributed by atoms with Gasteiger partial charge >= 0.3 is 18.9 Å². The molecule has 3 aromatic rings. The van der Waals surface area contributed by atoms with Crippen molar-refractivity contribution < 1.29 is 28.1 Å². The maximum Gasteiger partial charge on any atom is 1.00 e. The van der Waals surface area contributed by atoms with Crippen LogP contribution < -0.4 is 24.2 Å². The minimum Gasteiger partial charge on any atom is -0.457 e. The Bertz CT molecular complexity index is 884. The van der Waals surface area contributed by atoms with E-state index < -0.39 is 0 Å². The van der Waals surface area contributed by atoms with Gasteiger partial charge in [0.05, 0.1) is 0 Å². The van der Waals surface area contributed by atoms with Crippen molar-refractivity contribution in [1.29, 1.82) is 0 Å². The zero-order valence-electron chi connectivity index (χ0n) is 15.9. The molecule has 1 aromatic heterocycles. The Kier molecular flexibility index (Phi) is 10.1. The van der Waals surface area contributed by atoms with Crippen molar-refractivity contribution in [2.24, 2.45) is 0 Å². The van der Waals surface area contributed by atoms with Gasteiger partial charge < -0.3 is 33.7 Å². The predicted octanol–water partition coefficient (Wildman–Crippen LogP) is 1.64. The van der Waals surface area contributed by atoms with Crippen LogP contribution in [0.5, 0.6) is 0 Å². The van der Waals surface area contributed by atoms with Crippen molar-refractivity contribution >= 4 is 38.7 Å². The first kappa shape index (κ1) is 23.2. The second-order valence-electron chi connectivity index (χ2n) is 5.68. The molecular weight excluding hydrogens is 349 g/mol. The third kappa shape index (κ3) is 6.99. The fourth-order valence-electron chi connectivity index (χ4n) is 2.16. The SMILES string of the molecule is C=[S-](=C)c1ccc(CNC(=O)c2cc3ccccc3o2)cc1.[CH2-]CC[CH2-].[Li+]. The van der Waals surface area contributed by atoms with Crippen LogP contribution >= 0.6 is 0 Å². The largest absolute Gasteiger partial charge is 1.00 e. The molecule has 1 amide bonds. The molecule has 27 heavy (non-hydrogen) atoms. The molecule has 0 bridgehead atoms. The van der Waals surface area contributed by atoms with Crippen molar-refractivity contribution in [2.45, 2.75) is 24.3 Å². The average Bonchev–Trinajstić information content (AvgIpc) is 3.11. The Morgan fingerprint density at radius 2 is 1.67 bits per heavy atom. The van der Waals surface area contributed by atoms with Crippen LogP contribution in [0.2, 0.25) is 0 Å². The molecule has 0 aliphatic carbocycles. The van der Waals surface area contributed by atoms with Gasteiger partial charge in [0.1, 0.15) is 5.58 Å². The smallest absolute Gasteiger partial charge is 0.457 e. The van der Waals surface area contributed by atoms with Crippen LogP contribution in [0.4, 0.5) is 0 Å². The second kappa shape index (κ2) is 11.8. The summed E-state index contributed by atoms with van der Waals surface area (Å²) in [6.07, 6.45) is 1.92. The summed E-state index contributed by atoms with van der Waals surface area (Å²) in [6.45, 7) is 7.54. The summed E-state index contributed by atoms with van der Waals surface area (Å²) in [5, 5.41) is 3.79. The van der Waals surface area contributed by atoms with Gasteiger partial charge in [0.2, 0.25) is 0 Å². The Balaban J connectivity index is 0.000000666. The molecule has 0 spiro atoms. The van der Waals surface area contributed by atoms with Gasteiger partial charge in [-0.15, -0.1) is 4.90 Å². The van der Waals surface area contributed by atoms with E-state index in [1.807, 2.05) is 48.5 Å². The molecular formula is C22H24LiNO2S-2. The summed E-state index contributed by atoms with van der Waals surface area (Å²) in [4.78, 5) is 13.2. The molecule has 3 rings (SSSR count). The van der Waals surface area contributed by atoms with Gasteiger partial charge in [-0.1, -0.05) is 42.5 Å². The minimum atomic E-state index is -0.241. The molecule has 5 heteroatoms. The fourth-order valence-corrected chi connectivity index (χ4v) is 2.68. The van der Waals surface area contributed by atoms with Crippen molar-refractivity contribution in [3.8, 4) is 0 Å². The fraction of sp³-hybridized carbons (Fsp3) is 0.136. The predicted molar refractivity (Wildman–Crippen MR) is 114 cm³/mol. The van der Waals surface area contributed by atoms with Gasteiger partial charge in [0, 0.05) is 11.9 Å². The Labute approximate surface area is 175 Å². The molecule has 0 unspecified atom stereocenters.